The minimum Gasteiger partial charge on any atom is -0.332 e. The van der Waals surface area contributed by atoms with Crippen molar-refractivity contribution in [2.24, 2.45) is 16.7 Å². The van der Waals surface area contributed by atoms with E-state index in [2.05, 4.69) is 24.5 Å². The zero-order valence-corrected chi connectivity index (χ0v) is 15.7. The van der Waals surface area contributed by atoms with Crippen LogP contribution in [-0.2, 0) is 0 Å². The molecule has 0 aromatic heterocycles. The molecule has 2 amide bonds. The summed E-state index contributed by atoms with van der Waals surface area (Å²) in [6, 6.07) is 5.02. The van der Waals surface area contributed by atoms with Crippen molar-refractivity contribution < 1.29 is 4.79 Å². The van der Waals surface area contributed by atoms with Crippen LogP contribution in [0.15, 0.2) is 18.2 Å². The van der Waals surface area contributed by atoms with E-state index >= 15 is 0 Å². The molecule has 4 aliphatic rings. The van der Waals surface area contributed by atoms with Gasteiger partial charge in [-0.15, -0.1) is 0 Å². The van der Waals surface area contributed by atoms with E-state index in [1.165, 1.54) is 19.3 Å². The topological polar surface area (TPSA) is 41.1 Å². The van der Waals surface area contributed by atoms with E-state index in [1.807, 2.05) is 0 Å². The summed E-state index contributed by atoms with van der Waals surface area (Å²) >= 11 is 12.0. The van der Waals surface area contributed by atoms with Gasteiger partial charge in [-0.1, -0.05) is 37.0 Å². The number of urea groups is 1. The minimum atomic E-state index is -0.137. The maximum absolute atomic E-state index is 12.6. The molecule has 3 nitrogen and oxygen atoms in total. The average Bonchev–Trinajstić information content (AvgIpc) is 2.37. The third-order valence-corrected chi connectivity index (χ3v) is 6.92. The van der Waals surface area contributed by atoms with Crippen LogP contribution in [0.5, 0.6) is 0 Å². The van der Waals surface area contributed by atoms with Crippen LogP contribution >= 0.6 is 23.2 Å². The third-order valence-electron chi connectivity index (χ3n) is 6.18. The molecule has 5 heteroatoms. The Labute approximate surface area is 153 Å². The van der Waals surface area contributed by atoms with Gasteiger partial charge < -0.3 is 10.6 Å². The Hall–Kier alpha value is -0.930. The van der Waals surface area contributed by atoms with Gasteiger partial charge in [0, 0.05) is 11.2 Å². The summed E-state index contributed by atoms with van der Waals surface area (Å²) in [6.07, 6.45) is 7.25. The van der Waals surface area contributed by atoms with Gasteiger partial charge in [-0.25, -0.2) is 4.79 Å². The van der Waals surface area contributed by atoms with E-state index in [0.717, 1.165) is 25.2 Å². The summed E-state index contributed by atoms with van der Waals surface area (Å²) in [5.41, 5.74) is 1.38. The molecule has 0 heterocycles. The SMILES string of the molecule is C[C@]12CC3CC(NC(=O)Nc4ccc(Cl)c(Cl)c4)(C1)C[C@@](C)(C3)C2. The lowest BCUT2D eigenvalue weighted by Crippen LogP contribution is -2.65. The van der Waals surface area contributed by atoms with E-state index in [0.29, 0.717) is 26.6 Å². The van der Waals surface area contributed by atoms with Gasteiger partial charge in [-0.05, 0) is 73.5 Å². The van der Waals surface area contributed by atoms with Gasteiger partial charge in [0.05, 0.1) is 10.0 Å². The molecule has 0 aliphatic heterocycles. The number of hydrogen-bond acceptors (Lipinski definition) is 1. The lowest BCUT2D eigenvalue weighted by Gasteiger charge is -2.65. The van der Waals surface area contributed by atoms with Crippen molar-refractivity contribution in [2.45, 2.75) is 57.9 Å². The number of nitrogens with one attached hydrogen (secondary N) is 2. The fourth-order valence-corrected chi connectivity index (χ4v) is 6.86. The van der Waals surface area contributed by atoms with E-state index in [4.69, 9.17) is 23.2 Å². The number of benzene rings is 1. The number of amides is 2. The highest BCUT2D eigenvalue weighted by atomic mass is 35.5. The Kier molecular flexibility index (Phi) is 3.64. The minimum absolute atomic E-state index is 0.0524. The van der Waals surface area contributed by atoms with Gasteiger partial charge in [0.1, 0.15) is 0 Å². The number of carbonyl (C=O) groups excluding carboxylic acids is 1. The first-order valence-corrected chi connectivity index (χ1v) is 9.48. The fraction of sp³-hybridized carbons (Fsp3) is 0.632. The molecule has 0 radical (unpaired) electrons. The Morgan fingerprint density at radius 1 is 1.04 bits per heavy atom. The highest BCUT2D eigenvalue weighted by molar-refractivity contribution is 6.42. The van der Waals surface area contributed by atoms with Gasteiger partial charge in [0.25, 0.3) is 0 Å². The molecule has 2 unspecified atom stereocenters. The van der Waals surface area contributed by atoms with Crippen molar-refractivity contribution in [3.63, 3.8) is 0 Å². The fourth-order valence-electron chi connectivity index (χ4n) is 6.56. The van der Waals surface area contributed by atoms with Gasteiger partial charge in [-0.3, -0.25) is 0 Å². The molecule has 4 aliphatic carbocycles. The zero-order valence-electron chi connectivity index (χ0n) is 14.2. The van der Waals surface area contributed by atoms with Crippen molar-refractivity contribution in [1.82, 2.24) is 5.32 Å². The quantitative estimate of drug-likeness (QED) is 0.675. The molecule has 4 saturated carbocycles. The molecule has 24 heavy (non-hydrogen) atoms. The van der Waals surface area contributed by atoms with Crippen molar-refractivity contribution in [2.75, 3.05) is 5.32 Å². The van der Waals surface area contributed by atoms with Crippen molar-refractivity contribution >= 4 is 34.9 Å². The molecule has 5 rings (SSSR count). The number of anilines is 1. The maximum atomic E-state index is 12.6. The standard InChI is InChI=1S/C19H24Cl2N2O/c1-17-6-12-7-18(2,9-17)11-19(8-12,10-17)23-16(24)22-13-3-4-14(20)15(21)5-13/h3-5,12H,6-11H2,1-2H3,(H2,22,23,24)/t12?,17-,18+,19?. The van der Waals surface area contributed by atoms with Crippen LogP contribution < -0.4 is 10.6 Å². The lowest BCUT2D eigenvalue weighted by atomic mass is 9.43. The van der Waals surface area contributed by atoms with Crippen LogP contribution in [0.3, 0.4) is 0 Å². The van der Waals surface area contributed by atoms with Gasteiger partial charge in [0.2, 0.25) is 0 Å². The summed E-state index contributed by atoms with van der Waals surface area (Å²) < 4.78 is 0. The van der Waals surface area contributed by atoms with Crippen LogP contribution in [0.2, 0.25) is 10.0 Å². The molecule has 130 valence electrons. The molecule has 1 aromatic rings. The van der Waals surface area contributed by atoms with E-state index < -0.39 is 0 Å². The predicted octanol–water partition coefficient (Wildman–Crippen LogP) is 5.86. The third kappa shape index (κ3) is 2.90. The molecule has 4 bridgehead atoms. The van der Waals surface area contributed by atoms with Crippen molar-refractivity contribution in [3.8, 4) is 0 Å². The summed E-state index contributed by atoms with van der Waals surface area (Å²) in [7, 11) is 0. The summed E-state index contributed by atoms with van der Waals surface area (Å²) in [4.78, 5) is 12.6. The lowest BCUT2D eigenvalue weighted by molar-refractivity contribution is -0.113. The second kappa shape index (κ2) is 5.28. The predicted molar refractivity (Wildman–Crippen MR) is 98.8 cm³/mol. The molecular weight excluding hydrogens is 343 g/mol. The Balaban J connectivity index is 1.50. The molecule has 4 fully saturated rings. The first-order valence-electron chi connectivity index (χ1n) is 8.73. The molecule has 2 N–H and O–H groups in total. The average molecular weight is 367 g/mol. The molecule has 0 spiro atoms. The zero-order chi connectivity index (χ0) is 17.2. The number of halogens is 2. The van der Waals surface area contributed by atoms with Crippen LogP contribution in [0.1, 0.15) is 52.4 Å². The van der Waals surface area contributed by atoms with Crippen LogP contribution in [0, 0.1) is 16.7 Å². The van der Waals surface area contributed by atoms with Gasteiger partial charge >= 0.3 is 6.03 Å². The summed E-state index contributed by atoms with van der Waals surface area (Å²) in [5, 5.41) is 7.19. The second-order valence-electron chi connectivity index (χ2n) is 9.12. The van der Waals surface area contributed by atoms with E-state index in [-0.39, 0.29) is 11.6 Å². The van der Waals surface area contributed by atoms with E-state index in [9.17, 15) is 4.79 Å². The highest BCUT2D eigenvalue weighted by Crippen LogP contribution is 2.66. The Morgan fingerprint density at radius 2 is 1.71 bits per heavy atom. The van der Waals surface area contributed by atoms with Crippen molar-refractivity contribution in [3.05, 3.63) is 28.2 Å². The maximum Gasteiger partial charge on any atom is 0.319 e. The Morgan fingerprint density at radius 3 is 2.29 bits per heavy atom. The van der Waals surface area contributed by atoms with Gasteiger partial charge in [-0.2, -0.15) is 0 Å². The molecule has 4 atom stereocenters. The summed E-state index contributed by atoms with van der Waals surface area (Å²) in [5.74, 6) is 0.751. The molecule has 1 aromatic carbocycles. The summed E-state index contributed by atoms with van der Waals surface area (Å²) in [6.45, 7) is 4.81. The monoisotopic (exact) mass is 366 g/mol. The molecular formula is C19H24Cl2N2O. The van der Waals surface area contributed by atoms with Crippen LogP contribution in [0.25, 0.3) is 0 Å². The largest absolute Gasteiger partial charge is 0.332 e. The smallest absolute Gasteiger partial charge is 0.319 e. The highest BCUT2D eigenvalue weighted by Gasteiger charge is 2.60. The van der Waals surface area contributed by atoms with Crippen LogP contribution in [-0.4, -0.2) is 11.6 Å². The Bertz CT molecular complexity index is 687. The number of rotatable bonds is 2. The first kappa shape index (κ1) is 16.5. The van der Waals surface area contributed by atoms with E-state index in [1.54, 1.807) is 18.2 Å². The van der Waals surface area contributed by atoms with Crippen molar-refractivity contribution in [1.29, 1.82) is 0 Å². The second-order valence-corrected chi connectivity index (χ2v) is 9.93. The first-order chi connectivity index (χ1) is 11.2. The van der Waals surface area contributed by atoms with Crippen LogP contribution in [0.4, 0.5) is 10.5 Å². The normalized spacial score (nSPS) is 39.8. The van der Waals surface area contributed by atoms with Gasteiger partial charge in [0.15, 0.2) is 0 Å². The molecule has 0 saturated heterocycles. The number of carbonyl (C=O) groups is 1. The number of hydrogen-bond donors (Lipinski definition) is 2.